The van der Waals surface area contributed by atoms with Crippen molar-refractivity contribution in [2.24, 2.45) is 5.92 Å². The first-order valence-electron chi connectivity index (χ1n) is 9.00. The molecule has 0 bridgehead atoms. The molecule has 4 rings (SSSR count). The number of hydrogen-bond acceptors (Lipinski definition) is 4. The highest BCUT2D eigenvalue weighted by Crippen LogP contribution is 2.31. The van der Waals surface area contributed by atoms with E-state index in [1.165, 1.54) is 11.3 Å². The maximum absolute atomic E-state index is 12.5. The average molecular weight is 370 g/mol. The van der Waals surface area contributed by atoms with Crippen molar-refractivity contribution in [3.05, 3.63) is 40.4 Å². The summed E-state index contributed by atoms with van der Waals surface area (Å²) in [7, 11) is 0. The van der Waals surface area contributed by atoms with Gasteiger partial charge in [-0.05, 0) is 31.9 Å². The minimum Gasteiger partial charge on any atom is -0.319 e. The molecule has 0 saturated heterocycles. The second-order valence-electron chi connectivity index (χ2n) is 6.97. The van der Waals surface area contributed by atoms with Gasteiger partial charge in [0, 0.05) is 29.4 Å². The molecule has 1 aromatic heterocycles. The lowest BCUT2D eigenvalue weighted by atomic mass is 9.85. The molecule has 1 aliphatic heterocycles. The number of urea groups is 1. The quantitative estimate of drug-likeness (QED) is 0.863. The van der Waals surface area contributed by atoms with Crippen LogP contribution in [-0.4, -0.2) is 28.4 Å². The molecule has 2 heterocycles. The Morgan fingerprint density at radius 1 is 1.19 bits per heavy atom. The topological polar surface area (TPSA) is 74.3 Å². The Bertz CT molecular complexity index is 827. The Morgan fingerprint density at radius 3 is 2.65 bits per heavy atom. The highest BCUT2D eigenvalue weighted by Gasteiger charge is 2.28. The van der Waals surface area contributed by atoms with Crippen LogP contribution < -0.4 is 10.6 Å². The molecule has 6 nitrogen and oxygen atoms in total. The number of carbonyl (C=O) groups is 2. The number of fused-ring (bicyclic) bond motifs is 1. The second-order valence-corrected chi connectivity index (χ2v) is 8.06. The first-order valence-corrected chi connectivity index (χ1v) is 9.82. The van der Waals surface area contributed by atoms with Gasteiger partial charge >= 0.3 is 6.03 Å². The summed E-state index contributed by atoms with van der Waals surface area (Å²) in [5.74, 6) is 0.226. The van der Waals surface area contributed by atoms with E-state index in [1.54, 1.807) is 4.90 Å². The van der Waals surface area contributed by atoms with Crippen LogP contribution >= 0.6 is 11.3 Å². The number of carbonyl (C=O) groups excluding carboxylic acids is 2. The number of nitrogens with one attached hydrogen (secondary N) is 2. The molecule has 0 atom stereocenters. The van der Waals surface area contributed by atoms with Crippen LogP contribution in [0.1, 0.15) is 35.4 Å². The molecule has 2 aromatic rings. The van der Waals surface area contributed by atoms with Gasteiger partial charge in [0.1, 0.15) is 0 Å². The van der Waals surface area contributed by atoms with E-state index in [9.17, 15) is 9.59 Å². The number of aryl methyl sites for hydroxylation is 1. The fourth-order valence-corrected chi connectivity index (χ4v) is 4.17. The Balaban J connectivity index is 1.38. The van der Waals surface area contributed by atoms with Crippen molar-refractivity contribution in [3.8, 4) is 0 Å². The summed E-state index contributed by atoms with van der Waals surface area (Å²) in [5, 5.41) is 6.54. The van der Waals surface area contributed by atoms with Crippen molar-refractivity contribution in [2.45, 2.75) is 39.2 Å². The van der Waals surface area contributed by atoms with E-state index < -0.39 is 0 Å². The fourth-order valence-electron chi connectivity index (χ4n) is 3.14. The SMILES string of the molecule is Cc1ccc(NC(=O)N2CCc3nc(NC(=O)C4CCC4)sc3C2)cc1. The lowest BCUT2D eigenvalue weighted by Gasteiger charge is -2.26. The lowest BCUT2D eigenvalue weighted by molar-refractivity contribution is -0.122. The Labute approximate surface area is 156 Å². The summed E-state index contributed by atoms with van der Waals surface area (Å²) in [4.78, 5) is 32.0. The molecule has 2 N–H and O–H groups in total. The van der Waals surface area contributed by atoms with Crippen LogP contribution in [-0.2, 0) is 17.8 Å². The normalized spacial score (nSPS) is 16.6. The molecular formula is C19H22N4O2S. The van der Waals surface area contributed by atoms with Gasteiger partial charge in [0.2, 0.25) is 5.91 Å². The van der Waals surface area contributed by atoms with Gasteiger partial charge in [-0.25, -0.2) is 9.78 Å². The zero-order chi connectivity index (χ0) is 18.1. The molecule has 26 heavy (non-hydrogen) atoms. The maximum Gasteiger partial charge on any atom is 0.322 e. The van der Waals surface area contributed by atoms with Gasteiger partial charge in [-0.2, -0.15) is 0 Å². The largest absolute Gasteiger partial charge is 0.322 e. The Morgan fingerprint density at radius 2 is 1.96 bits per heavy atom. The van der Waals surface area contributed by atoms with Gasteiger partial charge in [-0.3, -0.25) is 4.79 Å². The number of anilines is 2. The van der Waals surface area contributed by atoms with E-state index >= 15 is 0 Å². The van der Waals surface area contributed by atoms with Crippen molar-refractivity contribution in [1.29, 1.82) is 0 Å². The van der Waals surface area contributed by atoms with Crippen LogP contribution in [0.15, 0.2) is 24.3 Å². The summed E-state index contributed by atoms with van der Waals surface area (Å²) in [5.41, 5.74) is 2.95. The number of rotatable bonds is 3. The molecule has 1 fully saturated rings. The number of hydrogen-bond donors (Lipinski definition) is 2. The minimum absolute atomic E-state index is 0.0799. The Hall–Kier alpha value is -2.41. The summed E-state index contributed by atoms with van der Waals surface area (Å²) >= 11 is 1.48. The first kappa shape index (κ1) is 17.0. The van der Waals surface area contributed by atoms with E-state index in [-0.39, 0.29) is 17.9 Å². The fraction of sp³-hybridized carbons (Fsp3) is 0.421. The van der Waals surface area contributed by atoms with Crippen molar-refractivity contribution < 1.29 is 9.59 Å². The number of benzene rings is 1. The second kappa shape index (κ2) is 7.07. The Kier molecular flexibility index (Phi) is 4.63. The standard InChI is InChI=1S/C19H22N4O2S/c1-12-5-7-14(8-6-12)20-19(25)23-10-9-15-16(11-23)26-18(21-15)22-17(24)13-3-2-4-13/h5-8,13H,2-4,9-11H2,1H3,(H,20,25)(H,21,22,24). The smallest absolute Gasteiger partial charge is 0.319 e. The molecule has 1 aromatic carbocycles. The van der Waals surface area contributed by atoms with Gasteiger partial charge in [0.05, 0.1) is 12.2 Å². The van der Waals surface area contributed by atoms with Crippen molar-refractivity contribution >= 4 is 34.1 Å². The van der Waals surface area contributed by atoms with E-state index in [1.807, 2.05) is 31.2 Å². The van der Waals surface area contributed by atoms with Crippen LogP contribution in [0.25, 0.3) is 0 Å². The highest BCUT2D eigenvalue weighted by molar-refractivity contribution is 7.15. The molecule has 7 heteroatoms. The van der Waals surface area contributed by atoms with Gasteiger partial charge < -0.3 is 15.5 Å². The van der Waals surface area contributed by atoms with Crippen LogP contribution in [0.3, 0.4) is 0 Å². The third-order valence-electron chi connectivity index (χ3n) is 5.03. The molecule has 2 aliphatic rings. The van der Waals surface area contributed by atoms with E-state index in [0.717, 1.165) is 41.1 Å². The van der Waals surface area contributed by atoms with Gasteiger partial charge in [-0.1, -0.05) is 35.5 Å². The minimum atomic E-state index is -0.104. The van der Waals surface area contributed by atoms with Gasteiger partial charge in [-0.15, -0.1) is 0 Å². The molecular weight excluding hydrogens is 348 g/mol. The number of nitrogens with zero attached hydrogens (tertiary/aromatic N) is 2. The van der Waals surface area contributed by atoms with Crippen LogP contribution in [0.2, 0.25) is 0 Å². The van der Waals surface area contributed by atoms with E-state index in [4.69, 9.17) is 0 Å². The molecule has 3 amide bonds. The number of amides is 3. The van der Waals surface area contributed by atoms with Crippen molar-refractivity contribution in [3.63, 3.8) is 0 Å². The maximum atomic E-state index is 12.5. The highest BCUT2D eigenvalue weighted by atomic mass is 32.1. The van der Waals surface area contributed by atoms with Crippen LogP contribution in [0.5, 0.6) is 0 Å². The zero-order valence-electron chi connectivity index (χ0n) is 14.7. The monoisotopic (exact) mass is 370 g/mol. The van der Waals surface area contributed by atoms with Crippen molar-refractivity contribution in [1.82, 2.24) is 9.88 Å². The summed E-state index contributed by atoms with van der Waals surface area (Å²) in [6.07, 6.45) is 3.80. The van der Waals surface area contributed by atoms with Crippen molar-refractivity contribution in [2.75, 3.05) is 17.2 Å². The molecule has 0 radical (unpaired) electrons. The number of aromatic nitrogens is 1. The molecule has 136 valence electrons. The average Bonchev–Trinajstić information content (AvgIpc) is 2.96. The van der Waals surface area contributed by atoms with Gasteiger partial charge in [0.15, 0.2) is 5.13 Å². The van der Waals surface area contributed by atoms with Crippen LogP contribution in [0.4, 0.5) is 15.6 Å². The van der Waals surface area contributed by atoms with Crippen LogP contribution in [0, 0.1) is 12.8 Å². The summed E-state index contributed by atoms with van der Waals surface area (Å²) in [6, 6.07) is 7.66. The third-order valence-corrected chi connectivity index (χ3v) is 6.03. The van der Waals surface area contributed by atoms with Gasteiger partial charge in [0.25, 0.3) is 0 Å². The summed E-state index contributed by atoms with van der Waals surface area (Å²) < 4.78 is 0. The molecule has 0 spiro atoms. The predicted octanol–water partition coefficient (Wildman–Crippen LogP) is 3.78. The zero-order valence-corrected chi connectivity index (χ0v) is 15.6. The lowest BCUT2D eigenvalue weighted by Crippen LogP contribution is -2.38. The number of thiazole rings is 1. The third kappa shape index (κ3) is 3.58. The molecule has 1 aliphatic carbocycles. The van der Waals surface area contributed by atoms with E-state index in [0.29, 0.717) is 24.6 Å². The van der Waals surface area contributed by atoms with E-state index in [2.05, 4.69) is 15.6 Å². The first-order chi connectivity index (χ1) is 12.6. The predicted molar refractivity (Wildman–Crippen MR) is 102 cm³/mol. The molecule has 0 unspecified atom stereocenters. The summed E-state index contributed by atoms with van der Waals surface area (Å²) in [6.45, 7) is 3.18. The molecule has 1 saturated carbocycles.